The smallest absolute Gasteiger partial charge is 0.320 e. The van der Waals surface area contributed by atoms with Gasteiger partial charge in [0.2, 0.25) is 0 Å². The van der Waals surface area contributed by atoms with Crippen LogP contribution < -0.4 is 0 Å². The third-order valence-electron chi connectivity index (χ3n) is 3.90. The SMILES string of the molecule is COCCN(CC(C)C)C(=O)N1CCCC(C)(C(=O)O)C1. The summed E-state index contributed by atoms with van der Waals surface area (Å²) in [5, 5.41) is 9.35. The Labute approximate surface area is 127 Å². The number of carboxylic acids is 1. The number of carbonyl (C=O) groups is 2. The lowest BCUT2D eigenvalue weighted by Gasteiger charge is -2.40. The van der Waals surface area contributed by atoms with Crippen LogP contribution in [-0.4, -0.2) is 66.8 Å². The predicted octanol–water partition coefficient (Wildman–Crippen LogP) is 1.90. The molecule has 6 heteroatoms. The van der Waals surface area contributed by atoms with E-state index in [9.17, 15) is 14.7 Å². The van der Waals surface area contributed by atoms with E-state index in [0.717, 1.165) is 6.42 Å². The van der Waals surface area contributed by atoms with Crippen LogP contribution in [0.5, 0.6) is 0 Å². The van der Waals surface area contributed by atoms with Crippen molar-refractivity contribution < 1.29 is 19.4 Å². The number of hydrogen-bond donors (Lipinski definition) is 1. The first-order valence-corrected chi connectivity index (χ1v) is 7.56. The lowest BCUT2D eigenvalue weighted by Crippen LogP contribution is -2.53. The summed E-state index contributed by atoms with van der Waals surface area (Å²) in [7, 11) is 1.61. The molecule has 1 fully saturated rings. The van der Waals surface area contributed by atoms with E-state index in [0.29, 0.717) is 38.6 Å². The Morgan fingerprint density at radius 3 is 2.62 bits per heavy atom. The van der Waals surface area contributed by atoms with Crippen LogP contribution in [0.15, 0.2) is 0 Å². The van der Waals surface area contributed by atoms with Crippen molar-refractivity contribution in [2.45, 2.75) is 33.6 Å². The topological polar surface area (TPSA) is 70.1 Å². The quantitative estimate of drug-likeness (QED) is 0.813. The highest BCUT2D eigenvalue weighted by atomic mass is 16.5. The van der Waals surface area contributed by atoms with Gasteiger partial charge < -0.3 is 19.6 Å². The van der Waals surface area contributed by atoms with Gasteiger partial charge in [0.1, 0.15) is 0 Å². The molecule has 1 saturated heterocycles. The van der Waals surface area contributed by atoms with E-state index in [-0.39, 0.29) is 12.6 Å². The van der Waals surface area contributed by atoms with E-state index >= 15 is 0 Å². The molecule has 1 heterocycles. The van der Waals surface area contributed by atoms with Crippen molar-refractivity contribution in [2.24, 2.45) is 11.3 Å². The Kier molecular flexibility index (Phi) is 6.45. The third-order valence-corrected chi connectivity index (χ3v) is 3.90. The number of methoxy groups -OCH3 is 1. The molecule has 1 aliphatic rings. The van der Waals surface area contributed by atoms with Gasteiger partial charge in [0.05, 0.1) is 12.0 Å². The van der Waals surface area contributed by atoms with Crippen molar-refractivity contribution in [2.75, 3.05) is 39.9 Å². The number of aliphatic carboxylic acids is 1. The van der Waals surface area contributed by atoms with Gasteiger partial charge >= 0.3 is 12.0 Å². The second kappa shape index (κ2) is 7.64. The zero-order valence-electron chi connectivity index (χ0n) is 13.6. The van der Waals surface area contributed by atoms with Crippen LogP contribution >= 0.6 is 0 Å². The van der Waals surface area contributed by atoms with Gasteiger partial charge in [0.15, 0.2) is 0 Å². The predicted molar refractivity (Wildman–Crippen MR) is 80.2 cm³/mol. The summed E-state index contributed by atoms with van der Waals surface area (Å²) in [5.41, 5.74) is -0.835. The third kappa shape index (κ3) is 4.88. The molecule has 1 N–H and O–H groups in total. The largest absolute Gasteiger partial charge is 0.481 e. The van der Waals surface area contributed by atoms with Gasteiger partial charge in [0.25, 0.3) is 0 Å². The number of ether oxygens (including phenoxy) is 1. The summed E-state index contributed by atoms with van der Waals surface area (Å²) in [6.45, 7) is 8.43. The highest BCUT2D eigenvalue weighted by Crippen LogP contribution is 2.30. The molecule has 0 saturated carbocycles. The van der Waals surface area contributed by atoms with E-state index in [1.54, 1.807) is 23.8 Å². The number of rotatable bonds is 6. The average molecular weight is 300 g/mol. The number of carboxylic acid groups (broad SMARTS) is 1. The Morgan fingerprint density at radius 1 is 1.43 bits per heavy atom. The van der Waals surface area contributed by atoms with Crippen LogP contribution in [0.2, 0.25) is 0 Å². The summed E-state index contributed by atoms with van der Waals surface area (Å²) in [6, 6.07) is -0.0760. The van der Waals surface area contributed by atoms with Gasteiger partial charge in [-0.1, -0.05) is 13.8 Å². The maximum Gasteiger partial charge on any atom is 0.320 e. The highest BCUT2D eigenvalue weighted by Gasteiger charge is 2.40. The molecule has 0 aromatic heterocycles. The van der Waals surface area contributed by atoms with E-state index in [1.807, 2.05) is 0 Å². The zero-order valence-corrected chi connectivity index (χ0v) is 13.6. The standard InChI is InChI=1S/C15H28N2O4/c1-12(2)10-16(8-9-21-4)14(20)17-7-5-6-15(3,11-17)13(18)19/h12H,5-11H2,1-4H3,(H,18,19). The van der Waals surface area contributed by atoms with Crippen LogP contribution in [0, 0.1) is 11.3 Å². The molecule has 0 aromatic carbocycles. The summed E-state index contributed by atoms with van der Waals surface area (Å²) in [5.74, 6) is -0.464. The molecule has 0 aliphatic carbocycles. The molecule has 1 aliphatic heterocycles. The Hall–Kier alpha value is -1.30. The Balaban J connectivity index is 2.75. The molecule has 2 amide bonds. The summed E-state index contributed by atoms with van der Waals surface area (Å²) in [4.78, 5) is 27.5. The number of carbonyl (C=O) groups excluding carboxylic acids is 1. The first kappa shape index (κ1) is 17.8. The highest BCUT2D eigenvalue weighted by molar-refractivity contribution is 5.78. The Bertz CT molecular complexity index is 373. The van der Waals surface area contributed by atoms with Crippen molar-refractivity contribution in [1.29, 1.82) is 0 Å². The average Bonchev–Trinajstić information content (AvgIpc) is 2.42. The van der Waals surface area contributed by atoms with Crippen LogP contribution in [0.1, 0.15) is 33.6 Å². The maximum atomic E-state index is 12.7. The molecule has 0 spiro atoms. The number of hydrogen-bond acceptors (Lipinski definition) is 3. The van der Waals surface area contributed by atoms with E-state index in [2.05, 4.69) is 13.8 Å². The molecular weight excluding hydrogens is 272 g/mol. The van der Waals surface area contributed by atoms with Crippen molar-refractivity contribution in [1.82, 2.24) is 9.80 Å². The second-order valence-electron chi connectivity index (χ2n) is 6.51. The van der Waals surface area contributed by atoms with Crippen molar-refractivity contribution in [3.8, 4) is 0 Å². The summed E-state index contributed by atoms with van der Waals surface area (Å²) in [6.07, 6.45) is 1.35. The first-order chi connectivity index (χ1) is 9.80. The van der Waals surface area contributed by atoms with Gasteiger partial charge in [-0.05, 0) is 25.7 Å². The van der Waals surface area contributed by atoms with Gasteiger partial charge in [0, 0.05) is 33.3 Å². The van der Waals surface area contributed by atoms with Crippen LogP contribution in [0.3, 0.4) is 0 Å². The van der Waals surface area contributed by atoms with Gasteiger partial charge in [-0.3, -0.25) is 4.79 Å². The van der Waals surface area contributed by atoms with Crippen LogP contribution in [-0.2, 0) is 9.53 Å². The number of amides is 2. The minimum absolute atomic E-state index is 0.0760. The number of piperidine rings is 1. The summed E-state index contributed by atoms with van der Waals surface area (Å²) < 4.78 is 5.06. The van der Waals surface area contributed by atoms with Gasteiger partial charge in [-0.2, -0.15) is 0 Å². The molecule has 0 bridgehead atoms. The van der Waals surface area contributed by atoms with Crippen molar-refractivity contribution in [3.05, 3.63) is 0 Å². The van der Waals surface area contributed by atoms with Crippen LogP contribution in [0.4, 0.5) is 4.79 Å². The number of likely N-dealkylation sites (tertiary alicyclic amines) is 1. The second-order valence-corrected chi connectivity index (χ2v) is 6.51. The zero-order chi connectivity index (χ0) is 16.0. The van der Waals surface area contributed by atoms with Crippen molar-refractivity contribution in [3.63, 3.8) is 0 Å². The fourth-order valence-corrected chi connectivity index (χ4v) is 2.68. The van der Waals surface area contributed by atoms with E-state index in [4.69, 9.17) is 4.74 Å². The lowest BCUT2D eigenvalue weighted by molar-refractivity contribution is -0.150. The lowest BCUT2D eigenvalue weighted by atomic mass is 9.82. The fourth-order valence-electron chi connectivity index (χ4n) is 2.68. The van der Waals surface area contributed by atoms with Gasteiger partial charge in [-0.15, -0.1) is 0 Å². The minimum atomic E-state index is -0.835. The van der Waals surface area contributed by atoms with E-state index < -0.39 is 11.4 Å². The van der Waals surface area contributed by atoms with Crippen LogP contribution in [0.25, 0.3) is 0 Å². The van der Waals surface area contributed by atoms with E-state index in [1.165, 1.54) is 0 Å². The molecule has 6 nitrogen and oxygen atoms in total. The monoisotopic (exact) mass is 300 g/mol. The number of nitrogens with zero attached hydrogens (tertiary/aromatic N) is 2. The molecule has 1 rings (SSSR count). The molecular formula is C15H28N2O4. The fraction of sp³-hybridized carbons (Fsp3) is 0.867. The molecule has 0 radical (unpaired) electrons. The van der Waals surface area contributed by atoms with Gasteiger partial charge in [-0.25, -0.2) is 4.79 Å². The molecule has 1 unspecified atom stereocenters. The minimum Gasteiger partial charge on any atom is -0.481 e. The summed E-state index contributed by atoms with van der Waals surface area (Å²) >= 11 is 0. The normalized spacial score (nSPS) is 22.4. The first-order valence-electron chi connectivity index (χ1n) is 7.56. The number of urea groups is 1. The Morgan fingerprint density at radius 2 is 2.10 bits per heavy atom. The van der Waals surface area contributed by atoms with Crippen molar-refractivity contribution >= 4 is 12.0 Å². The molecule has 1 atom stereocenters. The molecule has 122 valence electrons. The maximum absolute atomic E-state index is 12.7. The molecule has 0 aromatic rings. The molecule has 21 heavy (non-hydrogen) atoms.